The average Bonchev–Trinajstić information content (AvgIpc) is 2.90. The predicted octanol–water partition coefficient (Wildman–Crippen LogP) is 4.07. The van der Waals surface area contributed by atoms with Crippen molar-refractivity contribution in [3.8, 4) is 0 Å². The van der Waals surface area contributed by atoms with Gasteiger partial charge in [0.05, 0.1) is 12.6 Å². The van der Waals surface area contributed by atoms with Crippen molar-refractivity contribution in [3.63, 3.8) is 0 Å². The molecule has 2 rings (SSSR count). The fourth-order valence-electron chi connectivity index (χ4n) is 1.66. The molecule has 1 aromatic heterocycles. The minimum absolute atomic E-state index is 0.0172. The normalized spacial score (nSPS) is 11.9. The summed E-state index contributed by atoms with van der Waals surface area (Å²) in [7, 11) is 0. The highest BCUT2D eigenvalue weighted by molar-refractivity contribution is 9.10. The highest BCUT2D eigenvalue weighted by atomic mass is 79.9. The molecule has 19 heavy (non-hydrogen) atoms. The van der Waals surface area contributed by atoms with Crippen LogP contribution in [0.5, 0.6) is 0 Å². The molecule has 0 aliphatic heterocycles. The van der Waals surface area contributed by atoms with Gasteiger partial charge in [-0.2, -0.15) is 0 Å². The Morgan fingerprint density at radius 3 is 2.68 bits per heavy atom. The van der Waals surface area contributed by atoms with Crippen LogP contribution in [0.1, 0.15) is 23.4 Å². The van der Waals surface area contributed by atoms with Crippen LogP contribution in [0.3, 0.4) is 0 Å². The van der Waals surface area contributed by atoms with Crippen molar-refractivity contribution < 1.29 is 4.79 Å². The third kappa shape index (κ3) is 4.36. The van der Waals surface area contributed by atoms with Gasteiger partial charge in [0.2, 0.25) is 0 Å². The standard InChI is InChI=1S/C14H15BrN2OS/c1-10(11-4-6-12(15)7-5-11)17-14(18)16-9-13-3-2-8-19-13/h2-8,10H,9H2,1H3,(H2,16,17,18). The smallest absolute Gasteiger partial charge is 0.315 e. The first-order valence-corrected chi connectivity index (χ1v) is 7.64. The molecule has 0 spiro atoms. The van der Waals surface area contributed by atoms with E-state index in [2.05, 4.69) is 26.6 Å². The maximum Gasteiger partial charge on any atom is 0.315 e. The Hall–Kier alpha value is -1.33. The molecular formula is C14H15BrN2OS. The van der Waals surface area contributed by atoms with Crippen molar-refractivity contribution in [2.45, 2.75) is 19.5 Å². The number of amides is 2. The van der Waals surface area contributed by atoms with Gasteiger partial charge < -0.3 is 10.6 Å². The number of carbonyl (C=O) groups excluding carboxylic acids is 1. The summed E-state index contributed by atoms with van der Waals surface area (Å²) in [6, 6.07) is 11.7. The summed E-state index contributed by atoms with van der Waals surface area (Å²) < 4.78 is 1.03. The summed E-state index contributed by atoms with van der Waals surface area (Å²) >= 11 is 5.03. The topological polar surface area (TPSA) is 41.1 Å². The molecule has 0 saturated carbocycles. The minimum atomic E-state index is -0.149. The Kier molecular flexibility index (Phi) is 4.99. The summed E-state index contributed by atoms with van der Waals surface area (Å²) in [5.74, 6) is 0. The Labute approximate surface area is 125 Å². The van der Waals surface area contributed by atoms with Crippen LogP contribution in [0.4, 0.5) is 4.79 Å². The number of carbonyl (C=O) groups is 1. The van der Waals surface area contributed by atoms with Crippen molar-refractivity contribution in [2.75, 3.05) is 0 Å². The SMILES string of the molecule is CC(NC(=O)NCc1cccs1)c1ccc(Br)cc1. The molecule has 0 radical (unpaired) electrons. The molecule has 1 atom stereocenters. The number of thiophene rings is 1. The number of hydrogen-bond acceptors (Lipinski definition) is 2. The van der Waals surface area contributed by atoms with Crippen molar-refractivity contribution in [1.82, 2.24) is 10.6 Å². The Morgan fingerprint density at radius 2 is 2.05 bits per heavy atom. The first-order valence-electron chi connectivity index (χ1n) is 5.97. The van der Waals surface area contributed by atoms with Gasteiger partial charge in [-0.05, 0) is 36.1 Å². The van der Waals surface area contributed by atoms with Crippen molar-refractivity contribution >= 4 is 33.3 Å². The van der Waals surface area contributed by atoms with Crippen LogP contribution in [-0.4, -0.2) is 6.03 Å². The van der Waals surface area contributed by atoms with E-state index in [1.165, 1.54) is 0 Å². The van der Waals surface area contributed by atoms with Gasteiger partial charge in [0, 0.05) is 9.35 Å². The van der Waals surface area contributed by atoms with Crippen molar-refractivity contribution in [2.24, 2.45) is 0 Å². The third-order valence-corrected chi connectivity index (χ3v) is 4.13. The van der Waals surface area contributed by atoms with Crippen molar-refractivity contribution in [3.05, 3.63) is 56.7 Å². The highest BCUT2D eigenvalue weighted by Crippen LogP contribution is 2.16. The van der Waals surface area contributed by atoms with E-state index in [1.54, 1.807) is 11.3 Å². The lowest BCUT2D eigenvalue weighted by Crippen LogP contribution is -2.36. The van der Waals surface area contributed by atoms with E-state index in [9.17, 15) is 4.79 Å². The zero-order valence-electron chi connectivity index (χ0n) is 10.5. The fourth-order valence-corrected chi connectivity index (χ4v) is 2.57. The van der Waals surface area contributed by atoms with Gasteiger partial charge in [0.15, 0.2) is 0 Å². The van der Waals surface area contributed by atoms with E-state index in [-0.39, 0.29) is 12.1 Å². The van der Waals surface area contributed by atoms with Gasteiger partial charge in [-0.25, -0.2) is 4.79 Å². The second kappa shape index (κ2) is 6.73. The highest BCUT2D eigenvalue weighted by Gasteiger charge is 2.08. The van der Waals surface area contributed by atoms with Crippen molar-refractivity contribution in [1.29, 1.82) is 0 Å². The van der Waals surface area contributed by atoms with E-state index in [0.29, 0.717) is 6.54 Å². The lowest BCUT2D eigenvalue weighted by molar-refractivity contribution is 0.237. The molecule has 1 unspecified atom stereocenters. The minimum Gasteiger partial charge on any atom is -0.333 e. The molecule has 1 heterocycles. The Bertz CT molecular complexity index is 525. The van der Waals surface area contributed by atoms with E-state index in [4.69, 9.17) is 0 Å². The van der Waals surface area contributed by atoms with E-state index >= 15 is 0 Å². The van der Waals surface area contributed by atoms with Gasteiger partial charge in [0.25, 0.3) is 0 Å². The molecule has 0 bridgehead atoms. The number of rotatable bonds is 4. The molecule has 1 aromatic carbocycles. The van der Waals surface area contributed by atoms with Crippen LogP contribution < -0.4 is 10.6 Å². The van der Waals surface area contributed by atoms with Crippen LogP contribution in [0.25, 0.3) is 0 Å². The quantitative estimate of drug-likeness (QED) is 0.866. The fraction of sp³-hybridized carbons (Fsp3) is 0.214. The van der Waals surface area contributed by atoms with Crippen LogP contribution in [0.15, 0.2) is 46.3 Å². The lowest BCUT2D eigenvalue weighted by atomic mass is 10.1. The lowest BCUT2D eigenvalue weighted by Gasteiger charge is -2.15. The molecule has 5 heteroatoms. The molecule has 0 aliphatic carbocycles. The monoisotopic (exact) mass is 338 g/mol. The van der Waals surface area contributed by atoms with Crippen LogP contribution in [-0.2, 0) is 6.54 Å². The molecule has 100 valence electrons. The van der Waals surface area contributed by atoms with Gasteiger partial charge in [-0.15, -0.1) is 11.3 Å². The largest absolute Gasteiger partial charge is 0.333 e. The Balaban J connectivity index is 1.83. The summed E-state index contributed by atoms with van der Waals surface area (Å²) in [6.07, 6.45) is 0. The van der Waals surface area contributed by atoms with Gasteiger partial charge >= 0.3 is 6.03 Å². The van der Waals surface area contributed by atoms with E-state index in [1.807, 2.05) is 48.7 Å². The van der Waals surface area contributed by atoms with E-state index in [0.717, 1.165) is 14.9 Å². The van der Waals surface area contributed by atoms with Crippen LogP contribution in [0.2, 0.25) is 0 Å². The zero-order valence-corrected chi connectivity index (χ0v) is 12.9. The molecule has 2 aromatic rings. The van der Waals surface area contributed by atoms with Crippen LogP contribution in [0, 0.1) is 0 Å². The summed E-state index contributed by atoms with van der Waals surface area (Å²) in [4.78, 5) is 12.9. The molecule has 0 fully saturated rings. The molecule has 0 saturated heterocycles. The third-order valence-electron chi connectivity index (χ3n) is 2.72. The van der Waals surface area contributed by atoms with Gasteiger partial charge in [0.1, 0.15) is 0 Å². The molecule has 2 amide bonds. The maximum atomic E-state index is 11.8. The average molecular weight is 339 g/mol. The van der Waals surface area contributed by atoms with Crippen LogP contribution >= 0.6 is 27.3 Å². The first kappa shape index (κ1) is 14.1. The van der Waals surface area contributed by atoms with Gasteiger partial charge in [-0.3, -0.25) is 0 Å². The number of hydrogen-bond donors (Lipinski definition) is 2. The second-order valence-electron chi connectivity index (χ2n) is 4.18. The molecule has 3 nitrogen and oxygen atoms in total. The molecular weight excluding hydrogens is 324 g/mol. The molecule has 2 N–H and O–H groups in total. The predicted molar refractivity (Wildman–Crippen MR) is 82.2 cm³/mol. The summed E-state index contributed by atoms with van der Waals surface area (Å²) in [5.41, 5.74) is 1.08. The Morgan fingerprint density at radius 1 is 1.32 bits per heavy atom. The number of urea groups is 1. The number of halogens is 1. The molecule has 0 aliphatic rings. The zero-order chi connectivity index (χ0) is 13.7. The number of nitrogens with one attached hydrogen (secondary N) is 2. The first-order chi connectivity index (χ1) is 9.15. The second-order valence-corrected chi connectivity index (χ2v) is 6.13. The number of benzene rings is 1. The summed E-state index contributed by atoms with van der Waals surface area (Å²) in [6.45, 7) is 2.53. The maximum absolute atomic E-state index is 11.8. The van der Waals surface area contributed by atoms with E-state index < -0.39 is 0 Å². The van der Waals surface area contributed by atoms with Gasteiger partial charge in [-0.1, -0.05) is 34.1 Å². The summed E-state index contributed by atoms with van der Waals surface area (Å²) in [5, 5.41) is 7.76.